The van der Waals surface area contributed by atoms with E-state index in [9.17, 15) is 19.5 Å². The molecule has 0 unspecified atom stereocenters. The van der Waals surface area contributed by atoms with E-state index in [0.717, 1.165) is 6.42 Å². The Morgan fingerprint density at radius 1 is 1.32 bits per heavy atom. The van der Waals surface area contributed by atoms with E-state index in [2.05, 4.69) is 20.5 Å². The summed E-state index contributed by atoms with van der Waals surface area (Å²) in [5.74, 6) is 0.234. The molecule has 0 spiro atoms. The minimum atomic E-state index is -0.589. The Balaban J connectivity index is 1.86. The second kappa shape index (κ2) is 7.91. The van der Waals surface area contributed by atoms with Crippen LogP contribution in [-0.4, -0.2) is 36.3 Å². The van der Waals surface area contributed by atoms with Gasteiger partial charge < -0.3 is 9.67 Å². The highest BCUT2D eigenvalue weighted by molar-refractivity contribution is 5.83. The first-order valence-corrected chi connectivity index (χ1v) is 8.70. The number of fused-ring (bicyclic) bond motifs is 1. The second-order valence-corrected chi connectivity index (χ2v) is 6.24. The van der Waals surface area contributed by atoms with Gasteiger partial charge in [-0.2, -0.15) is 5.10 Å². The Hall–Kier alpha value is -3.69. The topological polar surface area (TPSA) is 134 Å². The highest BCUT2D eigenvalue weighted by Gasteiger charge is 2.18. The number of hydrazone groups is 1. The van der Waals surface area contributed by atoms with Crippen LogP contribution in [0.1, 0.15) is 24.7 Å². The van der Waals surface area contributed by atoms with E-state index in [1.807, 2.05) is 6.92 Å². The first-order valence-electron chi connectivity index (χ1n) is 8.70. The Bertz CT molecular complexity index is 1150. The first-order chi connectivity index (χ1) is 13.4. The molecule has 0 aliphatic carbocycles. The Morgan fingerprint density at radius 2 is 2.04 bits per heavy atom. The van der Waals surface area contributed by atoms with Gasteiger partial charge in [-0.15, -0.1) is 0 Å². The van der Waals surface area contributed by atoms with Crippen molar-refractivity contribution >= 4 is 23.3 Å². The van der Waals surface area contributed by atoms with Gasteiger partial charge in [0, 0.05) is 13.5 Å². The predicted molar refractivity (Wildman–Crippen MR) is 103 cm³/mol. The van der Waals surface area contributed by atoms with E-state index in [-0.39, 0.29) is 23.5 Å². The summed E-state index contributed by atoms with van der Waals surface area (Å²) in [4.78, 5) is 43.0. The lowest BCUT2D eigenvalue weighted by Gasteiger charge is -2.07. The fourth-order valence-electron chi connectivity index (χ4n) is 2.78. The molecule has 146 valence electrons. The predicted octanol–water partition coefficient (Wildman–Crippen LogP) is 0.232. The maximum absolute atomic E-state index is 12.3. The molecule has 0 radical (unpaired) electrons. The van der Waals surface area contributed by atoms with Crippen molar-refractivity contribution in [3.05, 3.63) is 56.5 Å². The number of nitrogens with one attached hydrogen (secondary N) is 2. The number of phenols is 1. The monoisotopic (exact) mass is 384 g/mol. The minimum absolute atomic E-state index is 0.135. The first kappa shape index (κ1) is 19.1. The van der Waals surface area contributed by atoms with Crippen LogP contribution in [0.25, 0.3) is 11.2 Å². The zero-order chi connectivity index (χ0) is 20.3. The quantitative estimate of drug-likeness (QED) is 0.413. The lowest BCUT2D eigenvalue weighted by Crippen LogP contribution is -2.30. The number of hydrogen-bond donors (Lipinski definition) is 3. The lowest BCUT2D eigenvalue weighted by molar-refractivity contribution is -0.121. The molecule has 10 heteroatoms. The van der Waals surface area contributed by atoms with Gasteiger partial charge in [-0.3, -0.25) is 19.1 Å². The van der Waals surface area contributed by atoms with Crippen molar-refractivity contribution in [3.8, 4) is 5.75 Å². The van der Waals surface area contributed by atoms with Crippen LogP contribution < -0.4 is 16.7 Å². The van der Waals surface area contributed by atoms with Crippen molar-refractivity contribution in [3.63, 3.8) is 0 Å². The number of H-pyrrole nitrogens is 1. The van der Waals surface area contributed by atoms with Gasteiger partial charge in [-0.05, 0) is 36.2 Å². The number of amides is 1. The molecule has 0 aliphatic rings. The maximum atomic E-state index is 12.3. The van der Waals surface area contributed by atoms with E-state index >= 15 is 0 Å². The number of carbonyl (C=O) groups excluding carboxylic acids is 1. The number of aromatic hydroxyl groups is 1. The van der Waals surface area contributed by atoms with E-state index in [1.165, 1.54) is 34.5 Å². The Labute approximate surface area is 159 Å². The molecule has 1 aromatic carbocycles. The van der Waals surface area contributed by atoms with Gasteiger partial charge in [-0.25, -0.2) is 15.2 Å². The number of nitrogens with zero attached hydrogens (tertiary/aromatic N) is 4. The van der Waals surface area contributed by atoms with Crippen LogP contribution >= 0.6 is 0 Å². The summed E-state index contributed by atoms with van der Waals surface area (Å²) in [7, 11) is 1.51. The van der Waals surface area contributed by atoms with Crippen molar-refractivity contribution in [1.29, 1.82) is 0 Å². The molecule has 0 bridgehead atoms. The molecule has 3 rings (SSSR count). The van der Waals surface area contributed by atoms with E-state index in [0.29, 0.717) is 17.8 Å². The number of aromatic amines is 1. The fraction of sp³-hybridized carbons (Fsp3) is 0.278. The fourth-order valence-corrected chi connectivity index (χ4v) is 2.78. The van der Waals surface area contributed by atoms with Gasteiger partial charge in [0.25, 0.3) is 11.5 Å². The third-order valence-corrected chi connectivity index (χ3v) is 4.16. The van der Waals surface area contributed by atoms with Gasteiger partial charge in [0.2, 0.25) is 0 Å². The van der Waals surface area contributed by atoms with Crippen LogP contribution in [0, 0.1) is 0 Å². The standard InChI is InChI=1S/C18H20N6O4/c1-3-4-13-20-16-15(17(27)21-18(28)23(16)2)24(13)10-14(26)22-19-9-11-5-7-12(25)8-6-11/h5-9,25H,3-4,10H2,1-2H3,(H,22,26)(H,21,27,28). The number of hydrogen-bond acceptors (Lipinski definition) is 6. The average molecular weight is 384 g/mol. The third-order valence-electron chi connectivity index (χ3n) is 4.16. The number of aromatic nitrogens is 4. The number of phenolic OH excluding ortho intramolecular Hbond substituents is 1. The van der Waals surface area contributed by atoms with E-state index < -0.39 is 17.2 Å². The van der Waals surface area contributed by atoms with Gasteiger partial charge in [-0.1, -0.05) is 6.92 Å². The number of rotatable bonds is 6. The largest absolute Gasteiger partial charge is 0.508 e. The zero-order valence-corrected chi connectivity index (χ0v) is 15.5. The summed E-state index contributed by atoms with van der Waals surface area (Å²) < 4.78 is 2.75. The van der Waals surface area contributed by atoms with Crippen molar-refractivity contribution in [2.75, 3.05) is 0 Å². The molecular weight excluding hydrogens is 364 g/mol. The molecule has 3 N–H and O–H groups in total. The SMILES string of the molecule is CCCc1nc2c(c(=O)[nH]c(=O)n2C)n1CC(=O)NN=Cc1ccc(O)cc1. The summed E-state index contributed by atoms with van der Waals surface area (Å²) in [6, 6.07) is 6.31. The molecule has 0 saturated carbocycles. The Kier molecular flexibility index (Phi) is 5.39. The van der Waals surface area contributed by atoms with Crippen molar-refractivity contribution in [2.45, 2.75) is 26.3 Å². The molecule has 0 fully saturated rings. The summed E-state index contributed by atoms with van der Waals surface area (Å²) in [6.07, 6.45) is 2.75. The summed E-state index contributed by atoms with van der Waals surface area (Å²) in [5.41, 5.74) is 2.35. The van der Waals surface area contributed by atoms with Crippen LogP contribution in [0.15, 0.2) is 39.0 Å². The van der Waals surface area contributed by atoms with E-state index in [4.69, 9.17) is 0 Å². The molecule has 2 heterocycles. The van der Waals surface area contributed by atoms with Crippen LogP contribution in [0.4, 0.5) is 0 Å². The van der Waals surface area contributed by atoms with Crippen molar-refractivity contribution < 1.29 is 9.90 Å². The smallest absolute Gasteiger partial charge is 0.329 e. The molecule has 0 aliphatic heterocycles. The van der Waals surface area contributed by atoms with Gasteiger partial charge >= 0.3 is 5.69 Å². The van der Waals surface area contributed by atoms with Gasteiger partial charge in [0.1, 0.15) is 18.1 Å². The van der Waals surface area contributed by atoms with Crippen LogP contribution in [0.2, 0.25) is 0 Å². The lowest BCUT2D eigenvalue weighted by atomic mass is 10.2. The second-order valence-electron chi connectivity index (χ2n) is 6.24. The van der Waals surface area contributed by atoms with Crippen LogP contribution in [0.5, 0.6) is 5.75 Å². The maximum Gasteiger partial charge on any atom is 0.329 e. The molecule has 0 atom stereocenters. The number of benzene rings is 1. The number of aryl methyl sites for hydroxylation is 2. The average Bonchev–Trinajstić information content (AvgIpc) is 3.00. The van der Waals surface area contributed by atoms with Crippen LogP contribution in [0.3, 0.4) is 0 Å². The highest BCUT2D eigenvalue weighted by atomic mass is 16.3. The molecule has 10 nitrogen and oxygen atoms in total. The summed E-state index contributed by atoms with van der Waals surface area (Å²) >= 11 is 0. The number of carbonyl (C=O) groups is 1. The minimum Gasteiger partial charge on any atom is -0.508 e. The van der Waals surface area contributed by atoms with Crippen molar-refractivity contribution in [1.82, 2.24) is 24.5 Å². The summed E-state index contributed by atoms with van der Waals surface area (Å²) in [5, 5.41) is 13.1. The summed E-state index contributed by atoms with van der Waals surface area (Å²) in [6.45, 7) is 1.79. The normalized spacial score (nSPS) is 11.4. The van der Waals surface area contributed by atoms with Gasteiger partial charge in [0.05, 0.1) is 6.21 Å². The molecule has 0 saturated heterocycles. The molecule has 2 aromatic heterocycles. The van der Waals surface area contributed by atoms with E-state index in [1.54, 1.807) is 12.1 Å². The highest BCUT2D eigenvalue weighted by Crippen LogP contribution is 2.12. The zero-order valence-electron chi connectivity index (χ0n) is 15.5. The third kappa shape index (κ3) is 3.85. The molecular formula is C18H20N6O4. The van der Waals surface area contributed by atoms with Gasteiger partial charge in [0.15, 0.2) is 11.2 Å². The molecule has 28 heavy (non-hydrogen) atoms. The Morgan fingerprint density at radius 3 is 2.71 bits per heavy atom. The van der Waals surface area contributed by atoms with Crippen LogP contribution in [-0.2, 0) is 24.8 Å². The number of imidazole rings is 1. The molecule has 1 amide bonds. The van der Waals surface area contributed by atoms with Crippen molar-refractivity contribution in [2.24, 2.45) is 12.1 Å². The molecule has 3 aromatic rings.